The molecule has 0 spiro atoms. The van der Waals surface area contributed by atoms with Crippen LogP contribution in [0.2, 0.25) is 0 Å². The molecule has 5 nitrogen and oxygen atoms in total. The fourth-order valence-corrected chi connectivity index (χ4v) is 4.53. The van der Waals surface area contributed by atoms with Gasteiger partial charge in [-0.2, -0.15) is 0 Å². The van der Waals surface area contributed by atoms with Gasteiger partial charge in [0.1, 0.15) is 10.6 Å². The van der Waals surface area contributed by atoms with Crippen molar-refractivity contribution in [2.75, 3.05) is 13.7 Å². The van der Waals surface area contributed by atoms with Gasteiger partial charge in [0.2, 0.25) is 0 Å². The lowest BCUT2D eigenvalue weighted by Crippen LogP contribution is -2.35. The van der Waals surface area contributed by atoms with E-state index < -0.39 is 5.97 Å². The van der Waals surface area contributed by atoms with Gasteiger partial charge < -0.3 is 14.8 Å². The molecule has 1 aromatic heterocycles. The minimum absolute atomic E-state index is 0.0868. The number of fused-ring (bicyclic) bond motifs is 3. The summed E-state index contributed by atoms with van der Waals surface area (Å²) in [5.41, 5.74) is 3.53. The zero-order valence-electron chi connectivity index (χ0n) is 16.0. The van der Waals surface area contributed by atoms with E-state index >= 15 is 0 Å². The van der Waals surface area contributed by atoms with E-state index in [1.807, 2.05) is 25.1 Å². The molecule has 0 saturated heterocycles. The summed E-state index contributed by atoms with van der Waals surface area (Å²) in [7, 11) is 1.66. The third kappa shape index (κ3) is 4.50. The van der Waals surface area contributed by atoms with E-state index in [0.717, 1.165) is 47.4 Å². The van der Waals surface area contributed by atoms with Crippen LogP contribution >= 0.6 is 11.3 Å². The van der Waals surface area contributed by atoms with E-state index in [1.54, 1.807) is 7.11 Å². The fraction of sp³-hybridized carbons (Fsp3) is 0.429. The highest BCUT2D eigenvalue weighted by Gasteiger charge is 2.23. The maximum atomic E-state index is 12.4. The molecule has 1 aliphatic rings. The van der Waals surface area contributed by atoms with E-state index in [4.69, 9.17) is 9.47 Å². The van der Waals surface area contributed by atoms with Gasteiger partial charge in [-0.15, -0.1) is 11.3 Å². The summed E-state index contributed by atoms with van der Waals surface area (Å²) in [6, 6.07) is 8.02. The van der Waals surface area contributed by atoms with E-state index in [1.165, 1.54) is 16.9 Å². The number of ether oxygens (including phenoxy) is 2. The Morgan fingerprint density at radius 3 is 2.74 bits per heavy atom. The molecule has 0 saturated carbocycles. The number of thiophene rings is 1. The Hall–Kier alpha value is -2.34. The highest BCUT2D eigenvalue weighted by molar-refractivity contribution is 7.17. The SMILES string of the molecule is CCCC(C)NC(=O)COC(=O)c1cc2c(s1)-c1ccc(OC)cc1CC2. The van der Waals surface area contributed by atoms with Crippen molar-refractivity contribution in [3.05, 3.63) is 40.3 Å². The maximum absolute atomic E-state index is 12.4. The number of carbonyl (C=O) groups excluding carboxylic acids is 2. The first-order valence-electron chi connectivity index (χ1n) is 9.28. The first-order chi connectivity index (χ1) is 13.0. The van der Waals surface area contributed by atoms with Gasteiger partial charge in [0.25, 0.3) is 5.91 Å². The number of methoxy groups -OCH3 is 1. The molecule has 144 valence electrons. The summed E-state index contributed by atoms with van der Waals surface area (Å²) >= 11 is 1.43. The van der Waals surface area contributed by atoms with Crippen molar-refractivity contribution in [2.24, 2.45) is 0 Å². The molecular formula is C21H25NO4S. The van der Waals surface area contributed by atoms with E-state index in [9.17, 15) is 9.59 Å². The molecule has 1 N–H and O–H groups in total. The monoisotopic (exact) mass is 387 g/mol. The summed E-state index contributed by atoms with van der Waals surface area (Å²) in [6.07, 6.45) is 3.70. The van der Waals surface area contributed by atoms with Crippen LogP contribution in [0.3, 0.4) is 0 Å². The minimum atomic E-state index is -0.442. The molecule has 1 aliphatic carbocycles. The highest BCUT2D eigenvalue weighted by atomic mass is 32.1. The Morgan fingerprint density at radius 2 is 2.00 bits per heavy atom. The number of amides is 1. The lowest BCUT2D eigenvalue weighted by Gasteiger charge is -2.16. The number of hydrogen-bond acceptors (Lipinski definition) is 5. The molecule has 1 unspecified atom stereocenters. The lowest BCUT2D eigenvalue weighted by atomic mass is 9.91. The summed E-state index contributed by atoms with van der Waals surface area (Å²) in [5, 5.41) is 2.84. The zero-order chi connectivity index (χ0) is 19.4. The van der Waals surface area contributed by atoms with Crippen LogP contribution in [0.5, 0.6) is 5.75 Å². The Bertz CT molecular complexity index is 843. The normalized spacial score (nSPS) is 13.3. The molecule has 1 amide bonds. The Balaban J connectivity index is 1.66. The second-order valence-electron chi connectivity index (χ2n) is 6.82. The van der Waals surface area contributed by atoms with E-state index in [0.29, 0.717) is 4.88 Å². The molecule has 3 rings (SSSR count). The molecule has 0 fully saturated rings. The highest BCUT2D eigenvalue weighted by Crippen LogP contribution is 2.40. The van der Waals surface area contributed by atoms with Gasteiger partial charge >= 0.3 is 5.97 Å². The van der Waals surface area contributed by atoms with Crippen LogP contribution in [-0.2, 0) is 22.4 Å². The Kier molecular flexibility index (Phi) is 6.16. The van der Waals surface area contributed by atoms with Crippen molar-refractivity contribution in [3.8, 4) is 16.2 Å². The summed E-state index contributed by atoms with van der Waals surface area (Å²) in [4.78, 5) is 25.9. The first kappa shape index (κ1) is 19.4. The Morgan fingerprint density at radius 1 is 1.22 bits per heavy atom. The fourth-order valence-electron chi connectivity index (χ4n) is 3.36. The summed E-state index contributed by atoms with van der Waals surface area (Å²) in [6.45, 7) is 3.77. The van der Waals surface area contributed by atoms with Crippen LogP contribution in [0.4, 0.5) is 0 Å². The van der Waals surface area contributed by atoms with Gasteiger partial charge in [-0.05, 0) is 67.1 Å². The quantitative estimate of drug-likeness (QED) is 0.730. The van der Waals surface area contributed by atoms with Gasteiger partial charge in [0.05, 0.1) is 7.11 Å². The third-order valence-corrected chi connectivity index (χ3v) is 5.88. The Labute approximate surface area is 163 Å². The minimum Gasteiger partial charge on any atom is -0.497 e. The summed E-state index contributed by atoms with van der Waals surface area (Å²) < 4.78 is 10.5. The topological polar surface area (TPSA) is 64.6 Å². The molecule has 0 radical (unpaired) electrons. The van der Waals surface area contributed by atoms with Crippen LogP contribution < -0.4 is 10.1 Å². The van der Waals surface area contributed by atoms with Crippen LogP contribution in [0.1, 0.15) is 47.5 Å². The number of carbonyl (C=O) groups is 2. The molecular weight excluding hydrogens is 362 g/mol. The number of aryl methyl sites for hydroxylation is 2. The molecule has 0 bridgehead atoms. The third-order valence-electron chi connectivity index (χ3n) is 4.69. The van der Waals surface area contributed by atoms with Crippen molar-refractivity contribution >= 4 is 23.2 Å². The summed E-state index contributed by atoms with van der Waals surface area (Å²) in [5.74, 6) is 0.141. The zero-order valence-corrected chi connectivity index (χ0v) is 16.8. The van der Waals surface area contributed by atoms with Crippen LogP contribution in [-0.4, -0.2) is 31.6 Å². The van der Waals surface area contributed by atoms with Crippen LogP contribution in [0.15, 0.2) is 24.3 Å². The predicted octanol–water partition coefficient (Wildman–Crippen LogP) is 3.98. The number of benzene rings is 1. The number of hydrogen-bond donors (Lipinski definition) is 1. The molecule has 6 heteroatoms. The van der Waals surface area contributed by atoms with Gasteiger partial charge in [0.15, 0.2) is 6.61 Å². The van der Waals surface area contributed by atoms with E-state index in [-0.39, 0.29) is 18.6 Å². The standard InChI is InChI=1S/C21H25NO4S/c1-4-5-13(2)22-19(23)12-26-21(24)18-11-15-7-6-14-10-16(25-3)8-9-17(14)20(15)27-18/h8-11,13H,4-7,12H2,1-3H3,(H,22,23). The first-order valence-corrected chi connectivity index (χ1v) is 10.1. The molecule has 1 aromatic carbocycles. The van der Waals surface area contributed by atoms with Gasteiger partial charge in [-0.1, -0.05) is 13.3 Å². The second kappa shape index (κ2) is 8.57. The molecule has 2 aromatic rings. The molecule has 1 atom stereocenters. The number of nitrogens with one attached hydrogen (secondary N) is 1. The second-order valence-corrected chi connectivity index (χ2v) is 7.87. The average molecular weight is 388 g/mol. The average Bonchev–Trinajstić information content (AvgIpc) is 3.10. The smallest absolute Gasteiger partial charge is 0.348 e. The van der Waals surface area contributed by atoms with E-state index in [2.05, 4.69) is 18.3 Å². The maximum Gasteiger partial charge on any atom is 0.348 e. The predicted molar refractivity (Wildman–Crippen MR) is 107 cm³/mol. The largest absolute Gasteiger partial charge is 0.497 e. The number of esters is 1. The van der Waals surface area contributed by atoms with Gasteiger partial charge in [-0.3, -0.25) is 4.79 Å². The van der Waals surface area contributed by atoms with Crippen molar-refractivity contribution < 1.29 is 19.1 Å². The van der Waals surface area contributed by atoms with Gasteiger partial charge in [-0.25, -0.2) is 4.79 Å². The van der Waals surface area contributed by atoms with Crippen molar-refractivity contribution in [1.82, 2.24) is 5.32 Å². The molecule has 27 heavy (non-hydrogen) atoms. The van der Waals surface area contributed by atoms with Crippen LogP contribution in [0, 0.1) is 0 Å². The lowest BCUT2D eigenvalue weighted by molar-refractivity contribution is -0.124. The number of rotatable bonds is 7. The molecule has 0 aliphatic heterocycles. The van der Waals surface area contributed by atoms with Crippen LogP contribution in [0.25, 0.3) is 10.4 Å². The van der Waals surface area contributed by atoms with Crippen molar-refractivity contribution in [1.29, 1.82) is 0 Å². The van der Waals surface area contributed by atoms with Crippen molar-refractivity contribution in [2.45, 2.75) is 45.6 Å². The molecule has 1 heterocycles. The van der Waals surface area contributed by atoms with Crippen molar-refractivity contribution in [3.63, 3.8) is 0 Å². The van der Waals surface area contributed by atoms with Gasteiger partial charge in [0, 0.05) is 10.9 Å².